The molecule has 0 aliphatic rings. The molecule has 1 unspecified atom stereocenters. The fourth-order valence-electron chi connectivity index (χ4n) is 2.49. The first-order valence-electron chi connectivity index (χ1n) is 7.54. The van der Waals surface area contributed by atoms with Crippen LogP contribution in [0.2, 0.25) is 0 Å². The van der Waals surface area contributed by atoms with Gasteiger partial charge in [0.15, 0.2) is 0 Å². The maximum absolute atomic E-state index is 13.7. The van der Waals surface area contributed by atoms with E-state index in [2.05, 4.69) is 29.5 Å². The topological polar surface area (TPSA) is 42.7 Å². The summed E-state index contributed by atoms with van der Waals surface area (Å²) >= 11 is 0. The zero-order chi connectivity index (χ0) is 15.2. The van der Waals surface area contributed by atoms with Gasteiger partial charge in [0, 0.05) is 6.54 Å². The summed E-state index contributed by atoms with van der Waals surface area (Å²) in [6, 6.07) is 5.06. The highest BCUT2D eigenvalue weighted by Gasteiger charge is 2.19. The Morgan fingerprint density at radius 1 is 1.24 bits per heavy atom. The predicted molar refractivity (Wildman–Crippen MR) is 81.6 cm³/mol. The van der Waals surface area contributed by atoms with Crippen LogP contribution >= 0.6 is 0 Å². The zero-order valence-corrected chi connectivity index (χ0v) is 12.9. The molecule has 0 amide bonds. The number of nitrogens with zero attached hydrogens (tertiary/aromatic N) is 3. The molecule has 2 aromatic rings. The molecule has 0 spiro atoms. The summed E-state index contributed by atoms with van der Waals surface area (Å²) < 4.78 is 15.6. The SMILES string of the molecule is CCCNC(c1cc(C)cc(F)c1)c1cnnn1CCC. The smallest absolute Gasteiger partial charge is 0.123 e. The van der Waals surface area contributed by atoms with Crippen molar-refractivity contribution in [1.82, 2.24) is 20.3 Å². The highest BCUT2D eigenvalue weighted by atomic mass is 19.1. The van der Waals surface area contributed by atoms with Crippen LogP contribution in [0.5, 0.6) is 0 Å². The Morgan fingerprint density at radius 3 is 2.71 bits per heavy atom. The van der Waals surface area contributed by atoms with E-state index in [-0.39, 0.29) is 11.9 Å². The average Bonchev–Trinajstić information content (AvgIpc) is 2.87. The fourth-order valence-corrected chi connectivity index (χ4v) is 2.49. The predicted octanol–water partition coefficient (Wildman–Crippen LogP) is 3.22. The van der Waals surface area contributed by atoms with Gasteiger partial charge < -0.3 is 5.32 Å². The molecule has 0 saturated carbocycles. The van der Waals surface area contributed by atoms with Crippen LogP contribution in [0, 0.1) is 12.7 Å². The lowest BCUT2D eigenvalue weighted by molar-refractivity contribution is 0.502. The first-order chi connectivity index (χ1) is 10.2. The summed E-state index contributed by atoms with van der Waals surface area (Å²) in [5, 5.41) is 11.6. The number of aromatic nitrogens is 3. The van der Waals surface area contributed by atoms with Gasteiger partial charge in [-0.25, -0.2) is 9.07 Å². The number of halogens is 1. The quantitative estimate of drug-likeness (QED) is 0.851. The third kappa shape index (κ3) is 3.88. The van der Waals surface area contributed by atoms with Gasteiger partial charge in [0.1, 0.15) is 5.82 Å². The first kappa shape index (κ1) is 15.6. The van der Waals surface area contributed by atoms with Gasteiger partial charge in [0.05, 0.1) is 17.9 Å². The van der Waals surface area contributed by atoms with Crippen LogP contribution in [0.15, 0.2) is 24.4 Å². The van der Waals surface area contributed by atoms with Crippen molar-refractivity contribution < 1.29 is 4.39 Å². The van der Waals surface area contributed by atoms with Crippen molar-refractivity contribution in [1.29, 1.82) is 0 Å². The Bertz CT molecular complexity index is 559. The summed E-state index contributed by atoms with van der Waals surface area (Å²) in [6.07, 6.45) is 3.77. The summed E-state index contributed by atoms with van der Waals surface area (Å²) in [6.45, 7) is 7.80. The van der Waals surface area contributed by atoms with Crippen molar-refractivity contribution in [2.24, 2.45) is 0 Å². The zero-order valence-electron chi connectivity index (χ0n) is 12.9. The van der Waals surface area contributed by atoms with Crippen LogP contribution in [0.1, 0.15) is 49.6 Å². The van der Waals surface area contributed by atoms with Crippen LogP contribution < -0.4 is 5.32 Å². The number of rotatable bonds is 7. The summed E-state index contributed by atoms with van der Waals surface area (Å²) in [7, 11) is 0. The third-order valence-corrected chi connectivity index (χ3v) is 3.38. The van der Waals surface area contributed by atoms with Crippen LogP contribution in [0.25, 0.3) is 0 Å². The number of aryl methyl sites for hydroxylation is 2. The fraction of sp³-hybridized carbons (Fsp3) is 0.500. The van der Waals surface area contributed by atoms with E-state index >= 15 is 0 Å². The number of nitrogens with one attached hydrogen (secondary N) is 1. The molecule has 0 aliphatic heterocycles. The van der Waals surface area contributed by atoms with Gasteiger partial charge in [-0.1, -0.05) is 25.1 Å². The second-order valence-corrected chi connectivity index (χ2v) is 5.33. The highest BCUT2D eigenvalue weighted by Crippen LogP contribution is 2.23. The highest BCUT2D eigenvalue weighted by molar-refractivity contribution is 5.31. The standard InChI is InChI=1S/C16H23FN4/c1-4-6-18-16(13-8-12(3)9-14(17)10-13)15-11-19-20-21(15)7-5-2/h8-11,16,18H,4-7H2,1-3H3. The van der Waals surface area contributed by atoms with E-state index in [9.17, 15) is 4.39 Å². The molecule has 1 aromatic carbocycles. The van der Waals surface area contributed by atoms with Gasteiger partial charge >= 0.3 is 0 Å². The van der Waals surface area contributed by atoms with Crippen LogP contribution in [-0.2, 0) is 6.54 Å². The van der Waals surface area contributed by atoms with Crippen molar-refractivity contribution >= 4 is 0 Å². The third-order valence-electron chi connectivity index (χ3n) is 3.38. The lowest BCUT2D eigenvalue weighted by Crippen LogP contribution is -2.26. The molecule has 0 saturated heterocycles. The molecule has 1 atom stereocenters. The van der Waals surface area contributed by atoms with Crippen molar-refractivity contribution in [3.63, 3.8) is 0 Å². The minimum atomic E-state index is -0.206. The Balaban J connectivity index is 2.39. The van der Waals surface area contributed by atoms with Gasteiger partial charge in [0.25, 0.3) is 0 Å². The van der Waals surface area contributed by atoms with E-state index in [1.54, 1.807) is 18.3 Å². The molecule has 0 aliphatic carbocycles. The summed E-state index contributed by atoms with van der Waals surface area (Å²) in [5.41, 5.74) is 2.82. The Labute approximate surface area is 125 Å². The van der Waals surface area contributed by atoms with E-state index in [1.807, 2.05) is 17.7 Å². The Morgan fingerprint density at radius 2 is 2.05 bits per heavy atom. The molecule has 114 valence electrons. The summed E-state index contributed by atoms with van der Waals surface area (Å²) in [5.74, 6) is -0.206. The van der Waals surface area contributed by atoms with Gasteiger partial charge in [-0.2, -0.15) is 0 Å². The van der Waals surface area contributed by atoms with Gasteiger partial charge in [-0.15, -0.1) is 5.10 Å². The Kier molecular flexibility index (Phi) is 5.44. The molecule has 0 bridgehead atoms. The Hall–Kier alpha value is -1.75. The van der Waals surface area contributed by atoms with Gasteiger partial charge in [-0.05, 0) is 49.6 Å². The number of hydrogen-bond acceptors (Lipinski definition) is 3. The lowest BCUT2D eigenvalue weighted by atomic mass is 10.0. The molecule has 1 N–H and O–H groups in total. The van der Waals surface area contributed by atoms with Crippen molar-refractivity contribution in [3.8, 4) is 0 Å². The van der Waals surface area contributed by atoms with Crippen LogP contribution in [0.3, 0.4) is 0 Å². The van der Waals surface area contributed by atoms with Crippen LogP contribution in [-0.4, -0.2) is 21.5 Å². The van der Waals surface area contributed by atoms with E-state index < -0.39 is 0 Å². The van der Waals surface area contributed by atoms with E-state index in [0.717, 1.165) is 42.8 Å². The molecule has 2 rings (SSSR count). The van der Waals surface area contributed by atoms with Gasteiger partial charge in [0.2, 0.25) is 0 Å². The van der Waals surface area contributed by atoms with Crippen molar-refractivity contribution in [2.75, 3.05) is 6.54 Å². The monoisotopic (exact) mass is 290 g/mol. The normalized spacial score (nSPS) is 12.6. The molecular weight excluding hydrogens is 267 g/mol. The van der Waals surface area contributed by atoms with Gasteiger partial charge in [-0.3, -0.25) is 0 Å². The summed E-state index contributed by atoms with van der Waals surface area (Å²) in [4.78, 5) is 0. The minimum Gasteiger partial charge on any atom is -0.305 e. The number of hydrogen-bond donors (Lipinski definition) is 1. The molecule has 1 heterocycles. The second-order valence-electron chi connectivity index (χ2n) is 5.33. The molecular formula is C16H23FN4. The van der Waals surface area contributed by atoms with Crippen LogP contribution in [0.4, 0.5) is 4.39 Å². The van der Waals surface area contributed by atoms with Crippen molar-refractivity contribution in [3.05, 3.63) is 47.0 Å². The molecule has 21 heavy (non-hydrogen) atoms. The first-order valence-corrected chi connectivity index (χ1v) is 7.54. The second kappa shape index (κ2) is 7.31. The average molecular weight is 290 g/mol. The molecule has 0 fully saturated rings. The van der Waals surface area contributed by atoms with E-state index in [1.165, 1.54) is 0 Å². The van der Waals surface area contributed by atoms with E-state index in [0.29, 0.717) is 0 Å². The van der Waals surface area contributed by atoms with E-state index in [4.69, 9.17) is 0 Å². The number of benzene rings is 1. The molecule has 4 nitrogen and oxygen atoms in total. The maximum atomic E-state index is 13.7. The largest absolute Gasteiger partial charge is 0.305 e. The minimum absolute atomic E-state index is 0.0825. The molecule has 5 heteroatoms. The lowest BCUT2D eigenvalue weighted by Gasteiger charge is -2.20. The maximum Gasteiger partial charge on any atom is 0.123 e. The molecule has 0 radical (unpaired) electrons. The molecule has 1 aromatic heterocycles. The van der Waals surface area contributed by atoms with Crippen molar-refractivity contribution in [2.45, 2.75) is 46.2 Å².